The molecule has 1 aromatic heterocycles. The fourth-order valence-electron chi connectivity index (χ4n) is 1.37. The minimum absolute atomic E-state index is 0.0567. The average molecular weight is 336 g/mol. The molecule has 1 atom stereocenters. The van der Waals surface area contributed by atoms with E-state index in [1.807, 2.05) is 0 Å². The molecule has 1 N–H and O–H groups in total. The zero-order valence-corrected chi connectivity index (χ0v) is 11.3. The van der Waals surface area contributed by atoms with E-state index in [0.717, 1.165) is 0 Å². The molecule has 0 fully saturated rings. The lowest BCUT2D eigenvalue weighted by Gasteiger charge is -2.09. The number of aromatic nitrogens is 1. The molecule has 0 aliphatic rings. The maximum Gasteiger partial charge on any atom is 0.387 e. The van der Waals surface area contributed by atoms with Crippen LogP contribution in [-0.2, 0) is 0 Å². The second kappa shape index (κ2) is 5.73. The SMILES string of the molecule is OC(c1ccc(OC(F)F)cc1)c1nc(Br)cs1. The maximum absolute atomic E-state index is 12.0. The van der Waals surface area contributed by atoms with E-state index in [1.165, 1.54) is 35.6 Å². The highest BCUT2D eigenvalue weighted by Crippen LogP contribution is 2.28. The third-order valence-electron chi connectivity index (χ3n) is 2.15. The van der Waals surface area contributed by atoms with Crippen LogP contribution in [0.5, 0.6) is 5.75 Å². The van der Waals surface area contributed by atoms with Crippen LogP contribution < -0.4 is 4.74 Å². The third-order valence-corrected chi connectivity index (χ3v) is 3.76. The number of rotatable bonds is 4. The number of halogens is 3. The predicted octanol–water partition coefficient (Wildman–Crippen LogP) is 3.59. The average Bonchev–Trinajstić information content (AvgIpc) is 2.75. The van der Waals surface area contributed by atoms with Crippen molar-refractivity contribution in [2.24, 2.45) is 0 Å². The molecule has 2 aromatic rings. The highest BCUT2D eigenvalue weighted by Gasteiger charge is 2.14. The van der Waals surface area contributed by atoms with Gasteiger partial charge in [0.25, 0.3) is 0 Å². The highest BCUT2D eigenvalue weighted by molar-refractivity contribution is 9.10. The van der Waals surface area contributed by atoms with Crippen molar-refractivity contribution in [1.82, 2.24) is 4.98 Å². The Balaban J connectivity index is 2.14. The molecule has 18 heavy (non-hydrogen) atoms. The van der Waals surface area contributed by atoms with Crippen LogP contribution in [0.15, 0.2) is 34.2 Å². The second-order valence-electron chi connectivity index (χ2n) is 3.36. The van der Waals surface area contributed by atoms with Gasteiger partial charge in [-0.2, -0.15) is 8.78 Å². The van der Waals surface area contributed by atoms with Crippen LogP contribution >= 0.6 is 27.3 Å². The number of hydrogen-bond acceptors (Lipinski definition) is 4. The first kappa shape index (κ1) is 13.4. The quantitative estimate of drug-likeness (QED) is 0.928. The summed E-state index contributed by atoms with van der Waals surface area (Å²) in [4.78, 5) is 4.09. The Hall–Kier alpha value is -1.05. The first-order chi connectivity index (χ1) is 8.56. The van der Waals surface area contributed by atoms with Gasteiger partial charge >= 0.3 is 6.61 Å². The Morgan fingerprint density at radius 2 is 1.94 bits per heavy atom. The van der Waals surface area contributed by atoms with Gasteiger partial charge in [-0.1, -0.05) is 12.1 Å². The molecule has 1 aromatic carbocycles. The van der Waals surface area contributed by atoms with Crippen molar-refractivity contribution in [1.29, 1.82) is 0 Å². The first-order valence-electron chi connectivity index (χ1n) is 4.90. The molecular formula is C11H8BrF2NO2S. The topological polar surface area (TPSA) is 42.4 Å². The molecule has 96 valence electrons. The summed E-state index contributed by atoms with van der Waals surface area (Å²) < 4.78 is 28.8. The van der Waals surface area contributed by atoms with Crippen LogP contribution in [0.1, 0.15) is 16.7 Å². The molecule has 0 spiro atoms. The molecule has 1 unspecified atom stereocenters. The van der Waals surface area contributed by atoms with Gasteiger partial charge in [0.2, 0.25) is 0 Å². The standard InChI is InChI=1S/C11H8BrF2NO2S/c12-8-5-18-10(15-8)9(16)6-1-3-7(4-2-6)17-11(13)14/h1-5,9,11,16H. The van der Waals surface area contributed by atoms with Crippen molar-refractivity contribution >= 4 is 27.3 Å². The van der Waals surface area contributed by atoms with Crippen LogP contribution in [0, 0.1) is 0 Å². The fourth-order valence-corrected chi connectivity index (χ4v) is 2.64. The summed E-state index contributed by atoms with van der Waals surface area (Å²) in [6.07, 6.45) is -0.873. The van der Waals surface area contributed by atoms with E-state index in [9.17, 15) is 13.9 Å². The Labute approximate surface area is 114 Å². The second-order valence-corrected chi connectivity index (χ2v) is 5.06. The molecule has 0 aliphatic carbocycles. The largest absolute Gasteiger partial charge is 0.435 e. The summed E-state index contributed by atoms with van der Waals surface area (Å²) >= 11 is 4.50. The number of benzene rings is 1. The minimum Gasteiger partial charge on any atom is -0.435 e. The van der Waals surface area contributed by atoms with Gasteiger partial charge in [0.15, 0.2) is 0 Å². The molecule has 7 heteroatoms. The normalized spacial score (nSPS) is 12.7. The Morgan fingerprint density at radius 3 is 2.44 bits per heavy atom. The minimum atomic E-state index is -2.85. The van der Waals surface area contributed by atoms with Crippen molar-refractivity contribution in [3.63, 3.8) is 0 Å². The van der Waals surface area contributed by atoms with Gasteiger partial charge in [-0.25, -0.2) is 4.98 Å². The van der Waals surface area contributed by atoms with Crippen molar-refractivity contribution in [2.75, 3.05) is 0 Å². The first-order valence-corrected chi connectivity index (χ1v) is 6.57. The van der Waals surface area contributed by atoms with Crippen LogP contribution in [0.25, 0.3) is 0 Å². The lowest BCUT2D eigenvalue weighted by atomic mass is 10.1. The summed E-state index contributed by atoms with van der Waals surface area (Å²) in [7, 11) is 0. The van der Waals surface area contributed by atoms with Crippen molar-refractivity contribution < 1.29 is 18.6 Å². The monoisotopic (exact) mass is 335 g/mol. The molecule has 0 bridgehead atoms. The summed E-state index contributed by atoms with van der Waals surface area (Å²) in [5.41, 5.74) is 0.568. The van der Waals surface area contributed by atoms with E-state index in [2.05, 4.69) is 25.7 Å². The summed E-state index contributed by atoms with van der Waals surface area (Å²) in [5.74, 6) is 0.0567. The highest BCUT2D eigenvalue weighted by atomic mass is 79.9. The van der Waals surface area contributed by atoms with Crippen LogP contribution in [0.2, 0.25) is 0 Å². The Morgan fingerprint density at radius 1 is 1.28 bits per heavy atom. The third kappa shape index (κ3) is 3.24. The maximum atomic E-state index is 12.0. The van der Waals surface area contributed by atoms with Crippen molar-refractivity contribution in [2.45, 2.75) is 12.7 Å². The number of hydrogen-bond donors (Lipinski definition) is 1. The lowest BCUT2D eigenvalue weighted by Crippen LogP contribution is -2.03. The molecule has 0 amide bonds. The summed E-state index contributed by atoms with van der Waals surface area (Å²) in [5, 5.41) is 12.3. The number of thiazole rings is 1. The molecular weight excluding hydrogens is 328 g/mol. The fraction of sp³-hybridized carbons (Fsp3) is 0.182. The smallest absolute Gasteiger partial charge is 0.387 e. The Kier molecular flexibility index (Phi) is 4.26. The number of aliphatic hydroxyl groups is 1. The molecule has 0 saturated heterocycles. The summed E-state index contributed by atoms with van der Waals surface area (Å²) in [6.45, 7) is -2.85. The van der Waals surface area contributed by atoms with Gasteiger partial charge in [-0.3, -0.25) is 0 Å². The molecule has 0 saturated carbocycles. The van der Waals surface area contributed by atoms with E-state index in [4.69, 9.17) is 0 Å². The molecule has 3 nitrogen and oxygen atoms in total. The van der Waals surface area contributed by atoms with Crippen molar-refractivity contribution in [3.8, 4) is 5.75 Å². The summed E-state index contributed by atoms with van der Waals surface area (Å²) in [6, 6.07) is 5.82. The van der Waals surface area contributed by atoms with Gasteiger partial charge in [-0.15, -0.1) is 11.3 Å². The van der Waals surface area contributed by atoms with Crippen LogP contribution in [0.4, 0.5) is 8.78 Å². The van der Waals surface area contributed by atoms with E-state index in [0.29, 0.717) is 15.2 Å². The molecule has 0 aliphatic heterocycles. The van der Waals surface area contributed by atoms with Gasteiger partial charge in [0, 0.05) is 5.38 Å². The Bertz CT molecular complexity index is 518. The van der Waals surface area contributed by atoms with Gasteiger partial charge in [0.1, 0.15) is 21.5 Å². The molecule has 0 radical (unpaired) electrons. The van der Waals surface area contributed by atoms with Gasteiger partial charge < -0.3 is 9.84 Å². The van der Waals surface area contributed by atoms with Crippen molar-refractivity contribution in [3.05, 3.63) is 44.8 Å². The zero-order chi connectivity index (χ0) is 13.1. The number of nitrogens with zero attached hydrogens (tertiary/aromatic N) is 1. The van der Waals surface area contributed by atoms with E-state index in [1.54, 1.807) is 5.38 Å². The van der Waals surface area contributed by atoms with Gasteiger partial charge in [0.05, 0.1) is 0 Å². The molecule has 1 heterocycles. The number of ether oxygens (including phenoxy) is 1. The van der Waals surface area contributed by atoms with E-state index >= 15 is 0 Å². The lowest BCUT2D eigenvalue weighted by molar-refractivity contribution is -0.0498. The predicted molar refractivity (Wildman–Crippen MR) is 66.9 cm³/mol. The zero-order valence-electron chi connectivity index (χ0n) is 8.89. The van der Waals surface area contributed by atoms with E-state index < -0.39 is 12.7 Å². The molecule has 2 rings (SSSR count). The number of alkyl halides is 2. The number of aliphatic hydroxyl groups excluding tert-OH is 1. The van der Waals surface area contributed by atoms with E-state index in [-0.39, 0.29) is 5.75 Å². The van der Waals surface area contributed by atoms with Crippen LogP contribution in [-0.4, -0.2) is 16.7 Å². The van der Waals surface area contributed by atoms with Gasteiger partial charge in [-0.05, 0) is 33.6 Å². The van der Waals surface area contributed by atoms with Crippen LogP contribution in [0.3, 0.4) is 0 Å².